The summed E-state index contributed by atoms with van der Waals surface area (Å²) in [7, 11) is 3.83. The molecule has 3 rings (SSSR count). The molecule has 0 spiro atoms. The van der Waals surface area contributed by atoms with Gasteiger partial charge in [-0.25, -0.2) is 4.68 Å². The molecule has 3 aromatic rings. The van der Waals surface area contributed by atoms with E-state index in [1.165, 1.54) is 16.7 Å². The van der Waals surface area contributed by atoms with E-state index in [1.54, 1.807) is 7.11 Å². The van der Waals surface area contributed by atoms with E-state index in [2.05, 4.69) is 54.4 Å². The van der Waals surface area contributed by atoms with Crippen molar-refractivity contribution in [2.24, 2.45) is 0 Å². The summed E-state index contributed by atoms with van der Waals surface area (Å²) in [5.74, 6) is 0.937. The van der Waals surface area contributed by atoms with Gasteiger partial charge in [-0.3, -0.25) is 4.90 Å². The van der Waals surface area contributed by atoms with Crippen molar-refractivity contribution in [3.63, 3.8) is 0 Å². The molecule has 0 saturated carbocycles. The van der Waals surface area contributed by atoms with Crippen molar-refractivity contribution >= 4 is 0 Å². The van der Waals surface area contributed by atoms with Crippen LogP contribution in [0.4, 0.5) is 0 Å². The average Bonchev–Trinajstić information content (AvgIpc) is 3.04. The largest absolute Gasteiger partial charge is 0.496 e. The minimum Gasteiger partial charge on any atom is -0.496 e. The van der Waals surface area contributed by atoms with Gasteiger partial charge < -0.3 is 4.74 Å². The fraction of sp³-hybridized carbons (Fsp3) is 0.250. The summed E-state index contributed by atoms with van der Waals surface area (Å²) < 4.78 is 7.38. The molecule has 1 aromatic heterocycles. The molecule has 0 saturated heterocycles. The molecule has 0 aliphatic rings. The van der Waals surface area contributed by atoms with Crippen LogP contribution in [0.15, 0.2) is 60.9 Å². The van der Waals surface area contributed by atoms with E-state index in [4.69, 9.17) is 4.74 Å². The molecule has 4 nitrogen and oxygen atoms in total. The summed E-state index contributed by atoms with van der Waals surface area (Å²) in [5.41, 5.74) is 4.71. The van der Waals surface area contributed by atoms with Crippen molar-refractivity contribution in [3.8, 4) is 11.4 Å². The number of methoxy groups -OCH3 is 1. The van der Waals surface area contributed by atoms with Crippen LogP contribution in [0.1, 0.15) is 16.7 Å². The third-order valence-corrected chi connectivity index (χ3v) is 3.99. The van der Waals surface area contributed by atoms with Crippen molar-refractivity contribution in [2.75, 3.05) is 14.2 Å². The Labute approximate surface area is 143 Å². The van der Waals surface area contributed by atoms with Crippen LogP contribution in [0.3, 0.4) is 0 Å². The van der Waals surface area contributed by atoms with Gasteiger partial charge in [0.1, 0.15) is 5.75 Å². The van der Waals surface area contributed by atoms with Gasteiger partial charge in [-0.2, -0.15) is 5.10 Å². The van der Waals surface area contributed by atoms with Crippen LogP contribution in [-0.4, -0.2) is 28.8 Å². The molecule has 124 valence electrons. The summed E-state index contributed by atoms with van der Waals surface area (Å²) in [6, 6.07) is 16.5. The lowest BCUT2D eigenvalue weighted by Crippen LogP contribution is -2.17. The number of aryl methyl sites for hydroxylation is 1. The van der Waals surface area contributed by atoms with Gasteiger partial charge in [-0.1, -0.05) is 35.9 Å². The van der Waals surface area contributed by atoms with E-state index >= 15 is 0 Å². The molecule has 0 radical (unpaired) electrons. The fourth-order valence-electron chi connectivity index (χ4n) is 2.85. The third-order valence-electron chi connectivity index (χ3n) is 3.99. The average molecular weight is 321 g/mol. The number of ether oxygens (including phenoxy) is 1. The van der Waals surface area contributed by atoms with Crippen molar-refractivity contribution in [3.05, 3.63) is 77.6 Å². The maximum absolute atomic E-state index is 5.47. The molecule has 0 aliphatic carbocycles. The molecule has 0 amide bonds. The standard InChI is InChI=1S/C20H23N3O/c1-16-9-10-20(24-3)18(11-16)15-22(2)13-17-12-21-23(14-17)19-7-5-4-6-8-19/h4-12,14H,13,15H2,1-3H3. The number of hydrogen-bond donors (Lipinski definition) is 0. The Morgan fingerprint density at radius 3 is 2.62 bits per heavy atom. The highest BCUT2D eigenvalue weighted by molar-refractivity contribution is 5.37. The Morgan fingerprint density at radius 2 is 1.88 bits per heavy atom. The first-order valence-corrected chi connectivity index (χ1v) is 8.07. The SMILES string of the molecule is COc1ccc(C)cc1CN(C)Cc1cnn(-c2ccccc2)c1. The molecule has 0 unspecified atom stereocenters. The first-order valence-electron chi connectivity index (χ1n) is 8.07. The summed E-state index contributed by atoms with van der Waals surface area (Å²) >= 11 is 0. The molecular formula is C20H23N3O. The zero-order valence-electron chi connectivity index (χ0n) is 14.4. The predicted octanol–water partition coefficient (Wildman–Crippen LogP) is 3.82. The molecule has 0 atom stereocenters. The van der Waals surface area contributed by atoms with Gasteiger partial charge in [0.05, 0.1) is 19.0 Å². The Kier molecular flexibility index (Phi) is 4.96. The van der Waals surface area contributed by atoms with E-state index in [0.29, 0.717) is 0 Å². The molecule has 0 aliphatic heterocycles. The lowest BCUT2D eigenvalue weighted by Gasteiger charge is -2.18. The number of aromatic nitrogens is 2. The number of nitrogens with zero attached hydrogens (tertiary/aromatic N) is 3. The monoisotopic (exact) mass is 321 g/mol. The highest BCUT2D eigenvalue weighted by Crippen LogP contribution is 2.21. The highest BCUT2D eigenvalue weighted by Gasteiger charge is 2.09. The van der Waals surface area contributed by atoms with Crippen LogP contribution in [-0.2, 0) is 13.1 Å². The molecule has 24 heavy (non-hydrogen) atoms. The van der Waals surface area contributed by atoms with Crippen LogP contribution in [0, 0.1) is 6.92 Å². The molecule has 0 fully saturated rings. The van der Waals surface area contributed by atoms with Crippen molar-refractivity contribution < 1.29 is 4.74 Å². The topological polar surface area (TPSA) is 30.3 Å². The fourth-order valence-corrected chi connectivity index (χ4v) is 2.85. The molecule has 1 heterocycles. The van der Waals surface area contributed by atoms with Crippen LogP contribution >= 0.6 is 0 Å². The normalized spacial score (nSPS) is 11.0. The van der Waals surface area contributed by atoms with Gasteiger partial charge in [0.2, 0.25) is 0 Å². The van der Waals surface area contributed by atoms with E-state index in [0.717, 1.165) is 24.5 Å². The van der Waals surface area contributed by atoms with Gasteiger partial charge in [0.15, 0.2) is 0 Å². The Morgan fingerprint density at radius 1 is 1.08 bits per heavy atom. The van der Waals surface area contributed by atoms with Crippen molar-refractivity contribution in [2.45, 2.75) is 20.0 Å². The third kappa shape index (κ3) is 3.84. The zero-order chi connectivity index (χ0) is 16.9. The number of benzene rings is 2. The molecule has 0 N–H and O–H groups in total. The predicted molar refractivity (Wildman–Crippen MR) is 96.5 cm³/mol. The minimum atomic E-state index is 0.835. The first kappa shape index (κ1) is 16.3. The van der Waals surface area contributed by atoms with Gasteiger partial charge in [0.25, 0.3) is 0 Å². The first-order chi connectivity index (χ1) is 11.7. The van der Waals surface area contributed by atoms with Gasteiger partial charge in [-0.15, -0.1) is 0 Å². The smallest absolute Gasteiger partial charge is 0.123 e. The second kappa shape index (κ2) is 7.32. The van der Waals surface area contributed by atoms with Crippen LogP contribution in [0.25, 0.3) is 5.69 Å². The lowest BCUT2D eigenvalue weighted by atomic mass is 10.1. The van der Waals surface area contributed by atoms with E-state index in [9.17, 15) is 0 Å². The summed E-state index contributed by atoms with van der Waals surface area (Å²) in [6.45, 7) is 3.78. The second-order valence-corrected chi connectivity index (χ2v) is 6.12. The minimum absolute atomic E-state index is 0.835. The van der Waals surface area contributed by atoms with Crippen LogP contribution in [0.5, 0.6) is 5.75 Å². The van der Waals surface area contributed by atoms with Gasteiger partial charge in [0, 0.05) is 30.4 Å². The maximum atomic E-state index is 5.47. The summed E-state index contributed by atoms with van der Waals surface area (Å²) in [4.78, 5) is 2.27. The lowest BCUT2D eigenvalue weighted by molar-refractivity contribution is 0.310. The Hall–Kier alpha value is -2.59. The highest BCUT2D eigenvalue weighted by atomic mass is 16.5. The van der Waals surface area contributed by atoms with Crippen LogP contribution < -0.4 is 4.74 Å². The van der Waals surface area contributed by atoms with Crippen molar-refractivity contribution in [1.82, 2.24) is 14.7 Å². The summed E-state index contributed by atoms with van der Waals surface area (Å²) in [5, 5.41) is 4.46. The Bertz CT molecular complexity index is 796. The van der Waals surface area contributed by atoms with Gasteiger partial charge in [-0.05, 0) is 32.2 Å². The summed E-state index contributed by atoms with van der Waals surface area (Å²) in [6.07, 6.45) is 4.01. The molecule has 4 heteroatoms. The van der Waals surface area contributed by atoms with E-state index in [1.807, 2.05) is 35.1 Å². The van der Waals surface area contributed by atoms with E-state index in [-0.39, 0.29) is 0 Å². The number of hydrogen-bond acceptors (Lipinski definition) is 3. The van der Waals surface area contributed by atoms with Crippen LogP contribution in [0.2, 0.25) is 0 Å². The maximum Gasteiger partial charge on any atom is 0.123 e. The molecule has 0 bridgehead atoms. The van der Waals surface area contributed by atoms with Gasteiger partial charge >= 0.3 is 0 Å². The van der Waals surface area contributed by atoms with E-state index < -0.39 is 0 Å². The Balaban J connectivity index is 1.69. The zero-order valence-corrected chi connectivity index (χ0v) is 14.4. The number of rotatable bonds is 6. The van der Waals surface area contributed by atoms with Crippen molar-refractivity contribution in [1.29, 1.82) is 0 Å². The quantitative estimate of drug-likeness (QED) is 0.691. The molecule has 2 aromatic carbocycles. The number of para-hydroxylation sites is 1. The second-order valence-electron chi connectivity index (χ2n) is 6.12. The molecular weight excluding hydrogens is 298 g/mol.